The van der Waals surface area contributed by atoms with Gasteiger partial charge in [-0.05, 0) is 37.3 Å². The van der Waals surface area contributed by atoms with Gasteiger partial charge in [0.1, 0.15) is 0 Å². The molecule has 1 aromatic carbocycles. The Morgan fingerprint density at radius 2 is 1.90 bits per heavy atom. The lowest BCUT2D eigenvalue weighted by molar-refractivity contribution is -0.115. The lowest BCUT2D eigenvalue weighted by Gasteiger charge is -2.17. The summed E-state index contributed by atoms with van der Waals surface area (Å²) in [6.07, 6.45) is 8.61. The first-order valence-electron chi connectivity index (χ1n) is 8.32. The molecule has 0 unspecified atom stereocenters. The lowest BCUT2D eigenvalue weighted by atomic mass is 10.1. The van der Waals surface area contributed by atoms with Crippen LogP contribution in [-0.2, 0) is 11.2 Å². The second-order valence-corrected chi connectivity index (χ2v) is 6.08. The molecule has 1 saturated carbocycles. The third-order valence-corrected chi connectivity index (χ3v) is 4.41. The Hall–Kier alpha value is -1.35. The van der Waals surface area contributed by atoms with Crippen LogP contribution in [-0.4, -0.2) is 18.5 Å². The van der Waals surface area contributed by atoms with E-state index in [-0.39, 0.29) is 5.91 Å². The zero-order valence-corrected chi connectivity index (χ0v) is 13.4. The number of carbonyl (C=O) groups is 1. The van der Waals surface area contributed by atoms with E-state index < -0.39 is 0 Å². The molecule has 0 saturated heterocycles. The van der Waals surface area contributed by atoms with Gasteiger partial charge in [-0.1, -0.05) is 50.8 Å². The summed E-state index contributed by atoms with van der Waals surface area (Å²) in [4.78, 5) is 12.2. The van der Waals surface area contributed by atoms with Crippen molar-refractivity contribution in [1.82, 2.24) is 5.32 Å². The van der Waals surface area contributed by atoms with Crippen molar-refractivity contribution in [2.24, 2.45) is 0 Å². The van der Waals surface area contributed by atoms with Crippen LogP contribution in [0.1, 0.15) is 56.6 Å². The summed E-state index contributed by atoms with van der Waals surface area (Å²) >= 11 is 0. The van der Waals surface area contributed by atoms with Crippen LogP contribution in [0.25, 0.3) is 0 Å². The van der Waals surface area contributed by atoms with E-state index in [1.54, 1.807) is 0 Å². The van der Waals surface area contributed by atoms with Gasteiger partial charge in [0.05, 0.1) is 6.54 Å². The second kappa shape index (κ2) is 8.18. The molecule has 3 nitrogen and oxygen atoms in total. The van der Waals surface area contributed by atoms with Gasteiger partial charge in [-0.25, -0.2) is 0 Å². The smallest absolute Gasteiger partial charge is 0.238 e. The van der Waals surface area contributed by atoms with Gasteiger partial charge in [0, 0.05) is 11.7 Å². The number of amides is 1. The minimum absolute atomic E-state index is 0.0725. The third kappa shape index (κ3) is 4.85. The fourth-order valence-corrected chi connectivity index (χ4v) is 3.11. The van der Waals surface area contributed by atoms with E-state index in [0.29, 0.717) is 12.6 Å². The number of rotatable bonds is 5. The van der Waals surface area contributed by atoms with Crippen molar-refractivity contribution in [2.45, 2.75) is 64.8 Å². The third-order valence-electron chi connectivity index (χ3n) is 4.41. The maximum Gasteiger partial charge on any atom is 0.238 e. The highest BCUT2D eigenvalue weighted by Gasteiger charge is 2.14. The minimum Gasteiger partial charge on any atom is -0.324 e. The van der Waals surface area contributed by atoms with Crippen LogP contribution in [0.3, 0.4) is 0 Å². The summed E-state index contributed by atoms with van der Waals surface area (Å²) in [5.74, 6) is 0.0725. The first-order valence-corrected chi connectivity index (χ1v) is 8.32. The van der Waals surface area contributed by atoms with Crippen LogP contribution < -0.4 is 10.6 Å². The van der Waals surface area contributed by atoms with Crippen LogP contribution in [0.2, 0.25) is 0 Å². The van der Waals surface area contributed by atoms with E-state index >= 15 is 0 Å². The Morgan fingerprint density at radius 1 is 1.19 bits per heavy atom. The molecule has 3 heteroatoms. The molecule has 116 valence electrons. The molecule has 1 aliphatic rings. The summed E-state index contributed by atoms with van der Waals surface area (Å²) < 4.78 is 0. The van der Waals surface area contributed by atoms with Crippen molar-refractivity contribution in [3.8, 4) is 0 Å². The molecular weight excluding hydrogens is 260 g/mol. The van der Waals surface area contributed by atoms with Gasteiger partial charge < -0.3 is 10.6 Å². The number of nitrogens with one attached hydrogen (secondary N) is 2. The molecule has 2 N–H and O–H groups in total. The fraction of sp³-hybridized carbons (Fsp3) is 0.611. The predicted molar refractivity (Wildman–Crippen MR) is 88.7 cm³/mol. The van der Waals surface area contributed by atoms with Crippen LogP contribution >= 0.6 is 0 Å². The topological polar surface area (TPSA) is 41.1 Å². The summed E-state index contributed by atoms with van der Waals surface area (Å²) in [6.45, 7) is 4.59. The Kier molecular flexibility index (Phi) is 6.24. The summed E-state index contributed by atoms with van der Waals surface area (Å²) in [5.41, 5.74) is 3.34. The number of anilines is 1. The molecule has 0 atom stereocenters. The normalized spacial score (nSPS) is 16.5. The molecule has 0 spiro atoms. The molecule has 21 heavy (non-hydrogen) atoms. The Bertz CT molecular complexity index is 462. The molecule has 1 fully saturated rings. The minimum atomic E-state index is 0.0725. The maximum absolute atomic E-state index is 12.2. The number of para-hydroxylation sites is 1. The quantitative estimate of drug-likeness (QED) is 0.809. The van der Waals surface area contributed by atoms with E-state index in [1.807, 2.05) is 19.1 Å². The highest BCUT2D eigenvalue weighted by atomic mass is 16.1. The van der Waals surface area contributed by atoms with Crippen LogP contribution in [0.15, 0.2) is 18.2 Å². The van der Waals surface area contributed by atoms with E-state index in [2.05, 4.69) is 23.6 Å². The summed E-state index contributed by atoms with van der Waals surface area (Å²) in [5, 5.41) is 6.51. The van der Waals surface area contributed by atoms with Gasteiger partial charge >= 0.3 is 0 Å². The Morgan fingerprint density at radius 3 is 2.57 bits per heavy atom. The van der Waals surface area contributed by atoms with Gasteiger partial charge in [-0.3, -0.25) is 4.79 Å². The Labute approximate surface area is 128 Å². The number of hydrogen-bond donors (Lipinski definition) is 2. The van der Waals surface area contributed by atoms with Crippen LogP contribution in [0.4, 0.5) is 5.69 Å². The lowest BCUT2D eigenvalue weighted by Crippen LogP contribution is -2.36. The number of benzene rings is 1. The van der Waals surface area contributed by atoms with Gasteiger partial charge in [0.2, 0.25) is 5.91 Å². The monoisotopic (exact) mass is 288 g/mol. The number of aryl methyl sites for hydroxylation is 2. The molecule has 0 aromatic heterocycles. The maximum atomic E-state index is 12.2. The fourth-order valence-electron chi connectivity index (χ4n) is 3.11. The summed E-state index contributed by atoms with van der Waals surface area (Å²) in [7, 11) is 0. The van der Waals surface area contributed by atoms with E-state index in [4.69, 9.17) is 0 Å². The van der Waals surface area contributed by atoms with Crippen LogP contribution in [0, 0.1) is 6.92 Å². The van der Waals surface area contributed by atoms with Crippen molar-refractivity contribution < 1.29 is 4.79 Å². The average molecular weight is 288 g/mol. The van der Waals surface area contributed by atoms with Crippen molar-refractivity contribution in [3.05, 3.63) is 29.3 Å². The standard InChI is InChI=1S/C18H28N2O/c1-3-15-10-8-9-14(2)18(15)20-17(21)13-19-16-11-6-4-5-7-12-16/h8-10,16,19H,3-7,11-13H2,1-2H3,(H,20,21). The molecule has 0 aliphatic heterocycles. The molecule has 0 heterocycles. The zero-order chi connectivity index (χ0) is 15.1. The van der Waals surface area contributed by atoms with E-state index in [9.17, 15) is 4.79 Å². The van der Waals surface area contributed by atoms with Crippen molar-refractivity contribution in [2.75, 3.05) is 11.9 Å². The molecule has 0 radical (unpaired) electrons. The highest BCUT2D eigenvalue weighted by Crippen LogP contribution is 2.21. The average Bonchev–Trinajstić information content (AvgIpc) is 2.76. The molecule has 1 aromatic rings. The van der Waals surface area contributed by atoms with Crippen molar-refractivity contribution in [3.63, 3.8) is 0 Å². The van der Waals surface area contributed by atoms with Gasteiger partial charge in [0.15, 0.2) is 0 Å². The van der Waals surface area contributed by atoms with Gasteiger partial charge in [0.25, 0.3) is 0 Å². The van der Waals surface area contributed by atoms with E-state index in [0.717, 1.165) is 17.7 Å². The molecule has 2 rings (SSSR count). The highest BCUT2D eigenvalue weighted by molar-refractivity contribution is 5.93. The molecule has 0 bridgehead atoms. The molecular formula is C18H28N2O. The SMILES string of the molecule is CCc1cccc(C)c1NC(=O)CNC1CCCCCC1. The molecule has 1 amide bonds. The number of carbonyl (C=O) groups excluding carboxylic acids is 1. The zero-order valence-electron chi connectivity index (χ0n) is 13.4. The van der Waals surface area contributed by atoms with Crippen molar-refractivity contribution in [1.29, 1.82) is 0 Å². The Balaban J connectivity index is 1.87. The van der Waals surface area contributed by atoms with Gasteiger partial charge in [-0.15, -0.1) is 0 Å². The van der Waals surface area contributed by atoms with Crippen LogP contribution in [0.5, 0.6) is 0 Å². The van der Waals surface area contributed by atoms with Crippen molar-refractivity contribution >= 4 is 11.6 Å². The molecule has 1 aliphatic carbocycles. The first-order chi connectivity index (χ1) is 10.2. The largest absolute Gasteiger partial charge is 0.324 e. The number of hydrogen-bond acceptors (Lipinski definition) is 2. The second-order valence-electron chi connectivity index (χ2n) is 6.08. The predicted octanol–water partition coefficient (Wildman–Crippen LogP) is 3.81. The summed E-state index contributed by atoms with van der Waals surface area (Å²) in [6, 6.07) is 6.70. The van der Waals surface area contributed by atoms with E-state index in [1.165, 1.54) is 44.1 Å². The first kappa shape index (κ1) is 16.0. The van der Waals surface area contributed by atoms with Gasteiger partial charge in [-0.2, -0.15) is 0 Å².